The number of amides is 1. The minimum absolute atomic E-state index is 0.0514. The van der Waals surface area contributed by atoms with Gasteiger partial charge in [0.15, 0.2) is 0 Å². The smallest absolute Gasteiger partial charge is 0.412 e. The van der Waals surface area contributed by atoms with Gasteiger partial charge in [-0.05, 0) is 34.7 Å². The first-order valence-electron chi connectivity index (χ1n) is 11.0. The van der Waals surface area contributed by atoms with Crippen molar-refractivity contribution in [2.75, 3.05) is 11.9 Å². The summed E-state index contributed by atoms with van der Waals surface area (Å²) in [7, 11) is 0. The number of benzene rings is 3. The lowest BCUT2D eigenvalue weighted by atomic mass is 9.98. The molecular weight excluding hydrogens is 430 g/mol. The van der Waals surface area contributed by atoms with Crippen molar-refractivity contribution in [2.24, 2.45) is 0 Å². The molecule has 34 heavy (non-hydrogen) atoms. The molecule has 1 aliphatic carbocycles. The van der Waals surface area contributed by atoms with Crippen LogP contribution in [0.15, 0.2) is 78.9 Å². The molecule has 0 radical (unpaired) electrons. The largest absolute Gasteiger partial charge is 0.477 e. The molecular formula is C27H23N3O4. The van der Waals surface area contributed by atoms with Crippen LogP contribution in [0.1, 0.15) is 38.7 Å². The van der Waals surface area contributed by atoms with Crippen LogP contribution in [-0.4, -0.2) is 33.6 Å². The number of aromatic nitrogens is 2. The lowest BCUT2D eigenvalue weighted by Gasteiger charge is -2.15. The number of carboxylic acids is 1. The number of rotatable bonds is 6. The Morgan fingerprint density at radius 1 is 0.941 bits per heavy atom. The van der Waals surface area contributed by atoms with Crippen LogP contribution < -0.4 is 5.32 Å². The lowest BCUT2D eigenvalue weighted by Crippen LogP contribution is -2.21. The van der Waals surface area contributed by atoms with E-state index in [4.69, 9.17) is 4.74 Å². The molecule has 5 rings (SSSR count). The molecule has 7 heteroatoms. The van der Waals surface area contributed by atoms with E-state index in [1.165, 1.54) is 4.68 Å². The molecule has 0 spiro atoms. The van der Waals surface area contributed by atoms with Gasteiger partial charge in [0.1, 0.15) is 18.0 Å². The zero-order valence-corrected chi connectivity index (χ0v) is 18.6. The zero-order valence-electron chi connectivity index (χ0n) is 18.6. The number of nitrogens with one attached hydrogen (secondary N) is 1. The maximum Gasteiger partial charge on any atom is 0.412 e. The first-order chi connectivity index (χ1) is 16.5. The summed E-state index contributed by atoms with van der Waals surface area (Å²) < 4.78 is 7.09. The van der Waals surface area contributed by atoms with Crippen molar-refractivity contribution in [2.45, 2.75) is 19.4 Å². The third kappa shape index (κ3) is 3.92. The monoisotopic (exact) mass is 453 g/mol. The molecule has 3 aromatic carbocycles. The van der Waals surface area contributed by atoms with Gasteiger partial charge in [0.25, 0.3) is 0 Å². The first kappa shape index (κ1) is 21.5. The standard InChI is InChI=1S/C27H23N3O4/c1-17-24(26(31)32)25(30(29-17)15-18-9-3-2-4-10-18)28-27(33)34-16-23-21-13-7-5-11-19(21)20-12-6-8-14-22(20)23/h2-14,23H,15-16H2,1H3,(H,28,33)(H,31,32). The fraction of sp³-hybridized carbons (Fsp3) is 0.148. The molecule has 0 saturated carbocycles. The molecule has 170 valence electrons. The minimum atomic E-state index is -1.16. The molecule has 0 saturated heterocycles. The third-order valence-corrected chi connectivity index (χ3v) is 6.08. The van der Waals surface area contributed by atoms with Crippen LogP contribution in [0.4, 0.5) is 10.6 Å². The minimum Gasteiger partial charge on any atom is -0.477 e. The summed E-state index contributed by atoms with van der Waals surface area (Å²) in [5, 5.41) is 16.7. The Balaban J connectivity index is 1.37. The molecule has 1 aliphatic rings. The average Bonchev–Trinajstić information content (AvgIpc) is 3.32. The molecule has 7 nitrogen and oxygen atoms in total. The fourth-order valence-corrected chi connectivity index (χ4v) is 4.57. The van der Waals surface area contributed by atoms with Crippen molar-refractivity contribution < 1.29 is 19.4 Å². The highest BCUT2D eigenvalue weighted by Gasteiger charge is 2.30. The van der Waals surface area contributed by atoms with E-state index in [0.29, 0.717) is 12.2 Å². The number of carboxylic acid groups (broad SMARTS) is 1. The van der Waals surface area contributed by atoms with E-state index in [9.17, 15) is 14.7 Å². The highest BCUT2D eigenvalue weighted by molar-refractivity contribution is 5.98. The molecule has 1 aromatic heterocycles. The van der Waals surface area contributed by atoms with Gasteiger partial charge in [-0.3, -0.25) is 5.32 Å². The molecule has 0 unspecified atom stereocenters. The second-order valence-corrected chi connectivity index (χ2v) is 8.21. The normalized spacial score (nSPS) is 12.1. The first-order valence-corrected chi connectivity index (χ1v) is 11.0. The van der Waals surface area contributed by atoms with Gasteiger partial charge in [0, 0.05) is 5.92 Å². The van der Waals surface area contributed by atoms with Crippen molar-refractivity contribution >= 4 is 17.9 Å². The van der Waals surface area contributed by atoms with E-state index in [1.807, 2.05) is 66.7 Å². The quantitative estimate of drug-likeness (QED) is 0.413. The zero-order chi connectivity index (χ0) is 23.7. The van der Waals surface area contributed by atoms with E-state index in [0.717, 1.165) is 27.8 Å². The SMILES string of the molecule is Cc1nn(Cc2ccccc2)c(NC(=O)OCC2c3ccccc3-c3ccccc32)c1C(=O)O. The Morgan fingerprint density at radius 2 is 1.53 bits per heavy atom. The van der Waals surface area contributed by atoms with Crippen molar-refractivity contribution in [1.29, 1.82) is 0 Å². The summed E-state index contributed by atoms with van der Waals surface area (Å²) in [4.78, 5) is 24.7. The van der Waals surface area contributed by atoms with E-state index < -0.39 is 12.1 Å². The van der Waals surface area contributed by atoms with Crippen molar-refractivity contribution in [3.63, 3.8) is 0 Å². The van der Waals surface area contributed by atoms with Gasteiger partial charge < -0.3 is 9.84 Å². The Hall–Kier alpha value is -4.39. The lowest BCUT2D eigenvalue weighted by molar-refractivity contribution is 0.0697. The number of carbonyl (C=O) groups is 2. The molecule has 1 heterocycles. The summed E-state index contributed by atoms with van der Waals surface area (Å²) >= 11 is 0. The van der Waals surface area contributed by atoms with Crippen molar-refractivity contribution in [1.82, 2.24) is 9.78 Å². The number of aryl methyl sites for hydroxylation is 1. The number of hydrogen-bond acceptors (Lipinski definition) is 4. The second-order valence-electron chi connectivity index (χ2n) is 8.21. The predicted octanol–water partition coefficient (Wildman–Crippen LogP) is 5.30. The predicted molar refractivity (Wildman–Crippen MR) is 128 cm³/mol. The number of aromatic carboxylic acids is 1. The highest BCUT2D eigenvalue weighted by Crippen LogP contribution is 2.44. The van der Waals surface area contributed by atoms with Crippen molar-refractivity contribution in [3.8, 4) is 11.1 Å². The van der Waals surface area contributed by atoms with Gasteiger partial charge in [-0.15, -0.1) is 0 Å². The van der Waals surface area contributed by atoms with Gasteiger partial charge in [-0.1, -0.05) is 78.9 Å². The number of ether oxygens (including phenoxy) is 1. The highest BCUT2D eigenvalue weighted by atomic mass is 16.5. The summed E-state index contributed by atoms with van der Waals surface area (Å²) in [6.07, 6.45) is -0.724. The number of carbonyl (C=O) groups excluding carboxylic acids is 1. The molecule has 4 aromatic rings. The Kier molecular flexibility index (Phi) is 5.59. The fourth-order valence-electron chi connectivity index (χ4n) is 4.57. The average molecular weight is 453 g/mol. The molecule has 0 bridgehead atoms. The van der Waals surface area contributed by atoms with Crippen LogP contribution in [0.25, 0.3) is 11.1 Å². The molecule has 2 N–H and O–H groups in total. The molecule has 0 fully saturated rings. The Morgan fingerprint density at radius 3 is 2.15 bits per heavy atom. The van der Waals surface area contributed by atoms with Gasteiger partial charge in [-0.25, -0.2) is 14.3 Å². The molecule has 0 atom stereocenters. The van der Waals surface area contributed by atoms with E-state index in [1.54, 1.807) is 6.92 Å². The number of anilines is 1. The van der Waals surface area contributed by atoms with Gasteiger partial charge in [-0.2, -0.15) is 5.10 Å². The van der Waals surface area contributed by atoms with Crippen LogP contribution in [0.3, 0.4) is 0 Å². The van der Waals surface area contributed by atoms with Crippen molar-refractivity contribution in [3.05, 3.63) is 107 Å². The topological polar surface area (TPSA) is 93.5 Å². The number of hydrogen-bond donors (Lipinski definition) is 2. The molecule has 1 amide bonds. The van der Waals surface area contributed by atoms with Crippen LogP contribution >= 0.6 is 0 Å². The van der Waals surface area contributed by atoms with Gasteiger partial charge in [0.05, 0.1) is 12.2 Å². The van der Waals surface area contributed by atoms with E-state index in [-0.39, 0.29) is 23.9 Å². The van der Waals surface area contributed by atoms with Gasteiger partial charge in [0.2, 0.25) is 0 Å². The Labute approximate surface area is 196 Å². The summed E-state index contributed by atoms with van der Waals surface area (Å²) in [5.41, 5.74) is 5.67. The van der Waals surface area contributed by atoms with E-state index in [2.05, 4.69) is 22.5 Å². The maximum atomic E-state index is 12.8. The second kappa shape index (κ2) is 8.86. The summed E-state index contributed by atoms with van der Waals surface area (Å²) in [6.45, 7) is 2.05. The summed E-state index contributed by atoms with van der Waals surface area (Å²) in [6, 6.07) is 25.7. The maximum absolute atomic E-state index is 12.8. The van der Waals surface area contributed by atoms with Crippen LogP contribution in [0.5, 0.6) is 0 Å². The summed E-state index contributed by atoms with van der Waals surface area (Å²) in [5.74, 6) is -1.15. The van der Waals surface area contributed by atoms with Crippen LogP contribution in [0.2, 0.25) is 0 Å². The van der Waals surface area contributed by atoms with Gasteiger partial charge >= 0.3 is 12.1 Å². The Bertz CT molecular complexity index is 1330. The van der Waals surface area contributed by atoms with Crippen LogP contribution in [-0.2, 0) is 11.3 Å². The van der Waals surface area contributed by atoms with E-state index >= 15 is 0 Å². The third-order valence-electron chi connectivity index (χ3n) is 6.08. The number of nitrogens with zero attached hydrogens (tertiary/aromatic N) is 2. The molecule has 0 aliphatic heterocycles. The number of fused-ring (bicyclic) bond motifs is 3. The van der Waals surface area contributed by atoms with Crippen LogP contribution in [0, 0.1) is 6.92 Å².